The standard InChI is InChI=1S/C31H43N5O4/c32-25-8-3-4-9-26(25)34-30(38)23-12-13-24(27(20-23)33-29(37)14-11-22-6-1-2-7-22)21-35-15-17-36(18-16-35)31(39)28-10-5-19-40-28/h5,10,12-13,19-20,22,25-26H,1-4,6-9,11,14-18,21,32H2,(H,33,37)(H,34,38). The Morgan fingerprint density at radius 1 is 0.950 bits per heavy atom. The van der Waals surface area contributed by atoms with Crippen LogP contribution in [0.25, 0.3) is 0 Å². The van der Waals surface area contributed by atoms with E-state index in [2.05, 4.69) is 15.5 Å². The molecule has 4 N–H and O–H groups in total. The van der Waals surface area contributed by atoms with Crippen molar-refractivity contribution in [3.05, 3.63) is 53.5 Å². The Kier molecular flexibility index (Phi) is 9.54. The zero-order valence-electron chi connectivity index (χ0n) is 23.4. The molecule has 3 aliphatic rings. The molecule has 2 unspecified atom stereocenters. The van der Waals surface area contributed by atoms with Crippen LogP contribution in [0.4, 0.5) is 5.69 Å². The van der Waals surface area contributed by atoms with E-state index in [1.807, 2.05) is 23.1 Å². The normalized spacial score (nSPS) is 22.3. The third kappa shape index (κ3) is 7.31. The number of carbonyl (C=O) groups excluding carboxylic acids is 3. The molecule has 2 aromatic rings. The van der Waals surface area contributed by atoms with E-state index >= 15 is 0 Å². The fourth-order valence-corrected chi connectivity index (χ4v) is 6.32. The van der Waals surface area contributed by atoms with Crippen LogP contribution in [0.5, 0.6) is 0 Å². The van der Waals surface area contributed by atoms with Crippen LogP contribution in [0.15, 0.2) is 41.0 Å². The highest BCUT2D eigenvalue weighted by molar-refractivity contribution is 5.98. The second-order valence-electron chi connectivity index (χ2n) is 11.7. The zero-order valence-corrected chi connectivity index (χ0v) is 23.4. The molecule has 1 saturated heterocycles. The second kappa shape index (κ2) is 13.5. The number of anilines is 1. The predicted octanol–water partition coefficient (Wildman–Crippen LogP) is 4.15. The Balaban J connectivity index is 1.24. The lowest BCUT2D eigenvalue weighted by Crippen LogP contribution is -2.49. The summed E-state index contributed by atoms with van der Waals surface area (Å²) < 4.78 is 5.28. The van der Waals surface area contributed by atoms with Gasteiger partial charge in [0.25, 0.3) is 11.8 Å². The number of nitrogens with zero attached hydrogens (tertiary/aromatic N) is 2. The van der Waals surface area contributed by atoms with E-state index in [0.717, 1.165) is 37.7 Å². The molecule has 0 radical (unpaired) electrons. The Morgan fingerprint density at radius 3 is 2.42 bits per heavy atom. The van der Waals surface area contributed by atoms with Crippen LogP contribution in [0.3, 0.4) is 0 Å². The molecule has 1 aromatic heterocycles. The highest BCUT2D eigenvalue weighted by Gasteiger charge is 2.26. The minimum Gasteiger partial charge on any atom is -0.459 e. The Morgan fingerprint density at radius 2 is 1.70 bits per heavy atom. The number of amides is 3. The number of furan rings is 1. The molecule has 2 atom stereocenters. The van der Waals surface area contributed by atoms with Gasteiger partial charge in [-0.15, -0.1) is 0 Å². The van der Waals surface area contributed by atoms with Crippen molar-refractivity contribution in [2.45, 2.75) is 82.8 Å². The highest BCUT2D eigenvalue weighted by Crippen LogP contribution is 2.29. The summed E-state index contributed by atoms with van der Waals surface area (Å²) in [6.07, 6.45) is 11.9. The van der Waals surface area contributed by atoms with Crippen molar-refractivity contribution in [3.8, 4) is 0 Å². The first-order valence-corrected chi connectivity index (χ1v) is 15.0. The monoisotopic (exact) mass is 549 g/mol. The van der Waals surface area contributed by atoms with Gasteiger partial charge in [0.05, 0.1) is 6.26 Å². The van der Waals surface area contributed by atoms with Gasteiger partial charge in [-0.05, 0) is 55.0 Å². The molecule has 2 saturated carbocycles. The highest BCUT2D eigenvalue weighted by atomic mass is 16.3. The smallest absolute Gasteiger partial charge is 0.289 e. The molecule has 0 bridgehead atoms. The summed E-state index contributed by atoms with van der Waals surface area (Å²) in [6, 6.07) is 8.96. The third-order valence-electron chi connectivity index (χ3n) is 8.82. The minimum atomic E-state index is -0.152. The number of carbonyl (C=O) groups is 3. The number of nitrogens with one attached hydrogen (secondary N) is 2. The number of hydrogen-bond donors (Lipinski definition) is 3. The van der Waals surface area contributed by atoms with Crippen LogP contribution in [0.1, 0.15) is 90.7 Å². The first-order chi connectivity index (χ1) is 19.5. The lowest BCUT2D eigenvalue weighted by atomic mass is 9.91. The molecule has 2 aliphatic carbocycles. The summed E-state index contributed by atoms with van der Waals surface area (Å²) in [6.45, 7) is 3.25. The molecule has 1 aromatic carbocycles. The molecule has 5 rings (SSSR count). The molecule has 3 amide bonds. The fourth-order valence-electron chi connectivity index (χ4n) is 6.32. The van der Waals surface area contributed by atoms with Gasteiger partial charge in [0, 0.05) is 62.5 Å². The van der Waals surface area contributed by atoms with Crippen molar-refractivity contribution in [2.24, 2.45) is 11.7 Å². The Labute approximate surface area is 236 Å². The van der Waals surface area contributed by atoms with Gasteiger partial charge < -0.3 is 25.7 Å². The summed E-state index contributed by atoms with van der Waals surface area (Å²) in [5, 5.41) is 6.25. The molecule has 9 heteroatoms. The Hall–Kier alpha value is -3.17. The van der Waals surface area contributed by atoms with E-state index < -0.39 is 0 Å². The van der Waals surface area contributed by atoms with Crippen molar-refractivity contribution < 1.29 is 18.8 Å². The Bertz CT molecular complexity index is 1150. The summed E-state index contributed by atoms with van der Waals surface area (Å²) in [5.41, 5.74) is 8.44. The average Bonchev–Trinajstić information content (AvgIpc) is 3.69. The summed E-state index contributed by atoms with van der Waals surface area (Å²) in [7, 11) is 0. The fraction of sp³-hybridized carbons (Fsp3) is 0.581. The van der Waals surface area contributed by atoms with Crippen molar-refractivity contribution >= 4 is 23.4 Å². The number of rotatable bonds is 9. The van der Waals surface area contributed by atoms with E-state index in [0.29, 0.717) is 62.1 Å². The molecule has 2 heterocycles. The lowest BCUT2D eigenvalue weighted by Gasteiger charge is -2.34. The second-order valence-corrected chi connectivity index (χ2v) is 11.7. The maximum Gasteiger partial charge on any atom is 0.289 e. The van der Waals surface area contributed by atoms with Crippen molar-refractivity contribution in [2.75, 3.05) is 31.5 Å². The van der Waals surface area contributed by atoms with Gasteiger partial charge in [0.15, 0.2) is 5.76 Å². The largest absolute Gasteiger partial charge is 0.459 e. The zero-order chi connectivity index (χ0) is 27.9. The lowest BCUT2D eigenvalue weighted by molar-refractivity contribution is -0.116. The van der Waals surface area contributed by atoms with Crippen LogP contribution >= 0.6 is 0 Å². The summed E-state index contributed by atoms with van der Waals surface area (Å²) >= 11 is 0. The topological polar surface area (TPSA) is 121 Å². The SMILES string of the molecule is NC1CCCCC1NC(=O)c1ccc(CN2CCN(C(=O)c3ccco3)CC2)c(NC(=O)CCC2CCCC2)c1. The maximum atomic E-state index is 13.2. The van der Waals surface area contributed by atoms with Crippen molar-refractivity contribution in [1.82, 2.24) is 15.1 Å². The van der Waals surface area contributed by atoms with Gasteiger partial charge in [-0.1, -0.05) is 44.6 Å². The van der Waals surface area contributed by atoms with Gasteiger partial charge in [-0.25, -0.2) is 0 Å². The number of benzene rings is 1. The van der Waals surface area contributed by atoms with E-state index in [1.54, 1.807) is 12.1 Å². The number of piperazine rings is 1. The van der Waals surface area contributed by atoms with Crippen LogP contribution in [0, 0.1) is 5.92 Å². The third-order valence-corrected chi connectivity index (χ3v) is 8.82. The van der Waals surface area contributed by atoms with Gasteiger partial charge in [0.2, 0.25) is 5.91 Å². The molecule has 9 nitrogen and oxygen atoms in total. The van der Waals surface area contributed by atoms with Crippen LogP contribution in [-0.2, 0) is 11.3 Å². The van der Waals surface area contributed by atoms with E-state index in [-0.39, 0.29) is 29.8 Å². The van der Waals surface area contributed by atoms with Crippen LogP contribution in [0.2, 0.25) is 0 Å². The summed E-state index contributed by atoms with van der Waals surface area (Å²) in [5.74, 6) is 0.753. The summed E-state index contributed by atoms with van der Waals surface area (Å²) in [4.78, 5) is 42.9. The quantitative estimate of drug-likeness (QED) is 0.432. The van der Waals surface area contributed by atoms with Crippen molar-refractivity contribution in [3.63, 3.8) is 0 Å². The number of hydrogen-bond acceptors (Lipinski definition) is 6. The van der Waals surface area contributed by atoms with Crippen molar-refractivity contribution in [1.29, 1.82) is 0 Å². The van der Waals surface area contributed by atoms with Gasteiger partial charge in [-0.3, -0.25) is 19.3 Å². The first-order valence-electron chi connectivity index (χ1n) is 15.0. The molecule has 3 fully saturated rings. The molecule has 1 aliphatic heterocycles. The minimum absolute atomic E-state index is 0.00567. The maximum absolute atomic E-state index is 13.2. The molecule has 216 valence electrons. The van der Waals surface area contributed by atoms with Gasteiger partial charge >= 0.3 is 0 Å². The van der Waals surface area contributed by atoms with Gasteiger partial charge in [0.1, 0.15) is 0 Å². The number of nitrogens with two attached hydrogens (primary N) is 1. The van der Waals surface area contributed by atoms with E-state index in [4.69, 9.17) is 10.2 Å². The van der Waals surface area contributed by atoms with E-state index in [9.17, 15) is 14.4 Å². The molecule has 40 heavy (non-hydrogen) atoms. The predicted molar refractivity (Wildman–Crippen MR) is 154 cm³/mol. The average molecular weight is 550 g/mol. The first kappa shape index (κ1) is 28.4. The van der Waals surface area contributed by atoms with Gasteiger partial charge in [-0.2, -0.15) is 0 Å². The van der Waals surface area contributed by atoms with E-state index in [1.165, 1.54) is 31.9 Å². The molecule has 0 spiro atoms. The molecular formula is C31H43N5O4. The molecular weight excluding hydrogens is 506 g/mol. The van der Waals surface area contributed by atoms with Crippen LogP contribution < -0.4 is 16.4 Å². The van der Waals surface area contributed by atoms with Crippen LogP contribution in [-0.4, -0.2) is 65.8 Å².